The highest BCUT2D eigenvalue weighted by Crippen LogP contribution is 2.50. The van der Waals surface area contributed by atoms with Crippen LogP contribution in [0, 0.1) is 0 Å². The summed E-state index contributed by atoms with van der Waals surface area (Å²) in [5, 5.41) is 0. The van der Waals surface area contributed by atoms with Crippen LogP contribution >= 0.6 is 8.07 Å². The first-order chi connectivity index (χ1) is 6.59. The summed E-state index contributed by atoms with van der Waals surface area (Å²) in [6.07, 6.45) is 0. The number of aliphatic imine (C=N–C) groups is 1. The van der Waals surface area contributed by atoms with Crippen LogP contribution < -0.4 is 0 Å². The van der Waals surface area contributed by atoms with E-state index in [9.17, 15) is 12.6 Å². The molecule has 0 amide bonds. The Balaban J connectivity index is 0. The summed E-state index contributed by atoms with van der Waals surface area (Å²) < 4.78 is 37.9. The van der Waals surface area contributed by atoms with Gasteiger partial charge in [-0.15, -0.1) is 12.6 Å². The second-order valence-corrected chi connectivity index (χ2v) is 3.76. The van der Waals surface area contributed by atoms with Crippen LogP contribution in [-0.2, 0) is 4.57 Å². The first kappa shape index (κ1) is 16.7. The van der Waals surface area contributed by atoms with Gasteiger partial charge in [0.1, 0.15) is 0 Å². The zero-order valence-corrected chi connectivity index (χ0v) is 10.4. The fourth-order valence-electron chi connectivity index (χ4n) is 0.824. The Morgan fingerprint density at radius 1 is 1.13 bits per heavy atom. The van der Waals surface area contributed by atoms with E-state index in [1.165, 1.54) is 0 Å². The van der Waals surface area contributed by atoms with Crippen molar-refractivity contribution < 1.29 is 17.2 Å². The Hall–Kier alpha value is -0.710. The molecule has 0 aromatic carbocycles. The van der Waals surface area contributed by atoms with Crippen LogP contribution in [0.4, 0.5) is 12.6 Å². The molecule has 0 N–H and O–H groups in total. The van der Waals surface area contributed by atoms with Crippen molar-refractivity contribution in [1.82, 2.24) is 9.80 Å². The van der Waals surface area contributed by atoms with Crippen molar-refractivity contribution in [3.63, 3.8) is 0 Å². The second kappa shape index (κ2) is 7.56. The largest absolute Gasteiger partial charge is 0.591 e. The van der Waals surface area contributed by atoms with E-state index in [-0.39, 0.29) is 0 Å². The van der Waals surface area contributed by atoms with E-state index in [4.69, 9.17) is 4.57 Å². The van der Waals surface area contributed by atoms with E-state index in [1.807, 2.05) is 44.9 Å². The molecule has 92 valence electrons. The fourth-order valence-corrected chi connectivity index (χ4v) is 0.824. The van der Waals surface area contributed by atoms with Gasteiger partial charge in [-0.1, -0.05) is 0 Å². The lowest BCUT2D eigenvalue weighted by molar-refractivity contribution is 0.440. The molecule has 0 fully saturated rings. The minimum absolute atomic E-state index is 0.839. The number of hydrogen-bond donors (Lipinski definition) is 0. The summed E-state index contributed by atoms with van der Waals surface area (Å²) in [7, 11) is 1.84. The summed E-state index contributed by atoms with van der Waals surface area (Å²) in [5.74, 6) is 1.02. The molecule has 0 bridgehead atoms. The fraction of sp³-hybridized carbons (Fsp3) is 0.857. The Kier molecular flexibility index (Phi) is 8.43. The first-order valence-corrected chi connectivity index (χ1v) is 5.55. The second-order valence-electron chi connectivity index (χ2n) is 2.96. The van der Waals surface area contributed by atoms with Crippen LogP contribution in [0.3, 0.4) is 0 Å². The molecule has 8 heteroatoms. The summed E-state index contributed by atoms with van der Waals surface area (Å²) in [6.45, 7) is 2.87. The number of nitrogens with zero attached hydrogens (tertiary/aromatic N) is 3. The summed E-state index contributed by atoms with van der Waals surface area (Å²) in [5.41, 5.74) is 0. The molecular formula is C7H17F3N3OP. The Morgan fingerprint density at radius 3 is 1.47 bits per heavy atom. The van der Waals surface area contributed by atoms with Crippen molar-refractivity contribution in [2.24, 2.45) is 4.99 Å². The lowest BCUT2D eigenvalue weighted by Gasteiger charge is -2.22. The van der Waals surface area contributed by atoms with Crippen LogP contribution in [0.5, 0.6) is 0 Å². The van der Waals surface area contributed by atoms with Gasteiger partial charge >= 0.3 is 8.07 Å². The molecule has 0 spiro atoms. The van der Waals surface area contributed by atoms with Gasteiger partial charge in [0.2, 0.25) is 0 Å². The molecule has 0 aliphatic rings. The van der Waals surface area contributed by atoms with E-state index in [1.54, 1.807) is 0 Å². The summed E-state index contributed by atoms with van der Waals surface area (Å²) in [6, 6.07) is 0. The maximum absolute atomic E-state index is 9.91. The zero-order valence-electron chi connectivity index (χ0n) is 9.54. The molecule has 0 aromatic heterocycles. The lowest BCUT2D eigenvalue weighted by atomic mass is 10.7. The van der Waals surface area contributed by atoms with Gasteiger partial charge in [0.15, 0.2) is 5.96 Å². The smallest absolute Gasteiger partial charge is 0.349 e. The molecular weight excluding hydrogens is 230 g/mol. The molecule has 0 aromatic rings. The van der Waals surface area contributed by atoms with Crippen molar-refractivity contribution in [3.8, 4) is 0 Å². The zero-order chi connectivity index (χ0) is 12.6. The van der Waals surface area contributed by atoms with Crippen LogP contribution in [0.25, 0.3) is 0 Å². The van der Waals surface area contributed by atoms with Crippen molar-refractivity contribution >= 4 is 14.0 Å². The minimum atomic E-state index is -6.14. The van der Waals surface area contributed by atoms with Crippen molar-refractivity contribution in [2.45, 2.75) is 6.92 Å². The highest BCUT2D eigenvalue weighted by molar-refractivity contribution is 7.47. The lowest BCUT2D eigenvalue weighted by Crippen LogP contribution is -2.35. The van der Waals surface area contributed by atoms with Gasteiger partial charge in [-0.2, -0.15) is 0 Å². The molecule has 0 heterocycles. The third-order valence-corrected chi connectivity index (χ3v) is 1.10. The highest BCUT2D eigenvalue weighted by Gasteiger charge is 2.13. The summed E-state index contributed by atoms with van der Waals surface area (Å²) in [4.78, 5) is 8.30. The van der Waals surface area contributed by atoms with Gasteiger partial charge in [0.25, 0.3) is 0 Å². The van der Waals surface area contributed by atoms with E-state index in [0.717, 1.165) is 12.5 Å². The third kappa shape index (κ3) is 16.0. The predicted molar refractivity (Wildman–Crippen MR) is 56.3 cm³/mol. The van der Waals surface area contributed by atoms with Gasteiger partial charge < -0.3 is 9.80 Å². The molecule has 0 saturated carbocycles. The Morgan fingerprint density at radius 2 is 1.40 bits per heavy atom. The van der Waals surface area contributed by atoms with Crippen molar-refractivity contribution in [3.05, 3.63) is 0 Å². The third-order valence-electron chi connectivity index (χ3n) is 1.10. The SMILES string of the molecule is CCN=C(N(C)C)N(C)C.O=P(F)(F)F. The molecule has 4 nitrogen and oxygen atoms in total. The molecule has 0 aliphatic carbocycles. The normalized spacial score (nSPS) is 9.87. The first-order valence-electron chi connectivity index (χ1n) is 4.17. The predicted octanol–water partition coefficient (Wildman–Crippen LogP) is 2.49. The van der Waals surface area contributed by atoms with Crippen molar-refractivity contribution in [1.29, 1.82) is 0 Å². The number of guanidine groups is 1. The highest BCUT2D eigenvalue weighted by atomic mass is 31.3. The van der Waals surface area contributed by atoms with Gasteiger partial charge in [-0.3, -0.25) is 4.99 Å². The number of hydrogen-bond acceptors (Lipinski definition) is 2. The molecule has 0 rings (SSSR count). The molecule has 0 saturated heterocycles. The molecule has 0 radical (unpaired) electrons. The summed E-state index contributed by atoms with van der Waals surface area (Å²) >= 11 is 0. The maximum atomic E-state index is 9.91. The maximum Gasteiger partial charge on any atom is 0.591 e. The van der Waals surface area contributed by atoms with Crippen LogP contribution in [0.2, 0.25) is 0 Å². The van der Waals surface area contributed by atoms with Gasteiger partial charge in [-0.05, 0) is 6.92 Å². The van der Waals surface area contributed by atoms with Crippen molar-refractivity contribution in [2.75, 3.05) is 34.7 Å². The average Bonchev–Trinajstić information content (AvgIpc) is 1.95. The van der Waals surface area contributed by atoms with Gasteiger partial charge in [0.05, 0.1) is 0 Å². The monoisotopic (exact) mass is 247 g/mol. The quantitative estimate of drug-likeness (QED) is 0.405. The number of rotatable bonds is 1. The molecule has 0 unspecified atom stereocenters. The topological polar surface area (TPSA) is 35.9 Å². The molecule has 0 aliphatic heterocycles. The average molecular weight is 247 g/mol. The van der Waals surface area contributed by atoms with Gasteiger partial charge in [0, 0.05) is 34.7 Å². The van der Waals surface area contributed by atoms with Crippen LogP contribution in [0.1, 0.15) is 6.92 Å². The van der Waals surface area contributed by atoms with E-state index < -0.39 is 8.07 Å². The van der Waals surface area contributed by atoms with E-state index >= 15 is 0 Å². The number of halogens is 3. The molecule has 15 heavy (non-hydrogen) atoms. The van der Waals surface area contributed by atoms with Gasteiger partial charge in [-0.25, -0.2) is 4.57 Å². The van der Waals surface area contributed by atoms with E-state index in [2.05, 4.69) is 4.99 Å². The molecule has 0 atom stereocenters. The van der Waals surface area contributed by atoms with E-state index in [0.29, 0.717) is 0 Å². The standard InChI is InChI=1S/C7H17N3.F3OP/c1-6-8-7(9(2)3)10(4)5;1-5(2,3)4/h6H2,1-5H3;. The Bertz CT molecular complexity index is 221. The minimum Gasteiger partial charge on any atom is -0.349 e. The van der Waals surface area contributed by atoms with Crippen LogP contribution in [0.15, 0.2) is 4.99 Å². The Labute approximate surface area is 88.5 Å². The van der Waals surface area contributed by atoms with Crippen LogP contribution in [-0.4, -0.2) is 50.5 Å².